The lowest BCUT2D eigenvalue weighted by molar-refractivity contribution is -0.179. The minimum absolute atomic E-state index is 0.238. The van der Waals surface area contributed by atoms with E-state index in [4.69, 9.17) is 9.47 Å². The molecule has 23 heavy (non-hydrogen) atoms. The van der Waals surface area contributed by atoms with Crippen molar-refractivity contribution in [2.75, 3.05) is 38.3 Å². The molecule has 2 heterocycles. The molecule has 1 spiro atoms. The molecular formula is C19H28N2O2. The molecule has 2 aliphatic heterocycles. The fourth-order valence-corrected chi connectivity index (χ4v) is 4.37. The largest absolute Gasteiger partial charge is 0.374 e. The van der Waals surface area contributed by atoms with E-state index in [1.165, 1.54) is 17.7 Å². The fraction of sp³-hybridized carbons (Fsp3) is 0.684. The van der Waals surface area contributed by atoms with Gasteiger partial charge in [0.2, 0.25) is 0 Å². The minimum atomic E-state index is -0.238. The highest BCUT2D eigenvalue weighted by atomic mass is 16.7. The molecule has 1 aliphatic carbocycles. The summed E-state index contributed by atoms with van der Waals surface area (Å²) in [5, 5.41) is 3.82. The molecule has 126 valence electrons. The SMILES string of the molecule is CN1CCC(CNC2CCC3(CC2)OCCO3)c2ccccc21. The predicted molar refractivity (Wildman–Crippen MR) is 92.0 cm³/mol. The summed E-state index contributed by atoms with van der Waals surface area (Å²) in [5.41, 5.74) is 2.91. The van der Waals surface area contributed by atoms with Gasteiger partial charge in [-0.3, -0.25) is 0 Å². The molecule has 1 aromatic carbocycles. The van der Waals surface area contributed by atoms with Crippen molar-refractivity contribution in [2.24, 2.45) is 0 Å². The normalized spacial score (nSPS) is 27.3. The average Bonchev–Trinajstić information content (AvgIpc) is 3.04. The van der Waals surface area contributed by atoms with Gasteiger partial charge in [-0.1, -0.05) is 18.2 Å². The molecular weight excluding hydrogens is 288 g/mol. The van der Waals surface area contributed by atoms with Crippen molar-refractivity contribution >= 4 is 5.69 Å². The number of nitrogens with one attached hydrogen (secondary N) is 1. The number of rotatable bonds is 3. The van der Waals surface area contributed by atoms with Gasteiger partial charge < -0.3 is 19.7 Å². The molecule has 1 unspecified atom stereocenters. The quantitative estimate of drug-likeness (QED) is 0.930. The second-order valence-electron chi connectivity index (χ2n) is 7.26. The zero-order valence-corrected chi connectivity index (χ0v) is 14.1. The molecule has 1 atom stereocenters. The summed E-state index contributed by atoms with van der Waals surface area (Å²) in [6, 6.07) is 9.48. The number of benzene rings is 1. The van der Waals surface area contributed by atoms with Crippen molar-refractivity contribution in [3.05, 3.63) is 29.8 Å². The molecule has 1 saturated carbocycles. The zero-order chi connectivity index (χ0) is 15.7. The smallest absolute Gasteiger partial charge is 0.168 e. The number of hydrogen-bond acceptors (Lipinski definition) is 4. The van der Waals surface area contributed by atoms with Gasteiger partial charge in [-0.25, -0.2) is 0 Å². The minimum Gasteiger partial charge on any atom is -0.374 e. The Kier molecular flexibility index (Phi) is 4.31. The highest BCUT2D eigenvalue weighted by molar-refractivity contribution is 5.56. The Morgan fingerprint density at radius 2 is 1.87 bits per heavy atom. The molecule has 4 nitrogen and oxygen atoms in total. The van der Waals surface area contributed by atoms with Gasteiger partial charge in [0.05, 0.1) is 13.2 Å². The Bertz CT molecular complexity index is 532. The van der Waals surface area contributed by atoms with Crippen LogP contribution < -0.4 is 10.2 Å². The lowest BCUT2D eigenvalue weighted by Crippen LogP contribution is -2.43. The highest BCUT2D eigenvalue weighted by Gasteiger charge is 2.40. The first-order valence-electron chi connectivity index (χ1n) is 9.07. The molecule has 3 aliphatic rings. The van der Waals surface area contributed by atoms with E-state index in [0.717, 1.165) is 52.0 Å². The van der Waals surface area contributed by atoms with Gasteiger partial charge in [0, 0.05) is 50.6 Å². The Balaban J connectivity index is 1.33. The molecule has 2 fully saturated rings. The highest BCUT2D eigenvalue weighted by Crippen LogP contribution is 2.37. The van der Waals surface area contributed by atoms with Gasteiger partial charge in [-0.05, 0) is 30.9 Å². The van der Waals surface area contributed by atoms with Crippen molar-refractivity contribution in [1.29, 1.82) is 0 Å². The Hall–Kier alpha value is -1.10. The lowest BCUT2D eigenvalue weighted by atomic mass is 9.87. The van der Waals surface area contributed by atoms with Gasteiger partial charge >= 0.3 is 0 Å². The molecule has 0 bridgehead atoms. The molecule has 1 N–H and O–H groups in total. The van der Waals surface area contributed by atoms with Gasteiger partial charge in [0.25, 0.3) is 0 Å². The van der Waals surface area contributed by atoms with E-state index >= 15 is 0 Å². The van der Waals surface area contributed by atoms with E-state index in [0.29, 0.717) is 12.0 Å². The maximum absolute atomic E-state index is 5.83. The molecule has 1 aromatic rings. The second kappa shape index (κ2) is 6.42. The maximum atomic E-state index is 5.83. The Morgan fingerprint density at radius 1 is 1.13 bits per heavy atom. The van der Waals surface area contributed by atoms with Crippen LogP contribution in [0.1, 0.15) is 43.6 Å². The van der Waals surface area contributed by atoms with Crippen LogP contribution >= 0.6 is 0 Å². The first-order valence-corrected chi connectivity index (χ1v) is 9.07. The number of fused-ring (bicyclic) bond motifs is 1. The van der Waals surface area contributed by atoms with Crippen LogP contribution in [0.25, 0.3) is 0 Å². The molecule has 1 saturated heterocycles. The average molecular weight is 316 g/mol. The predicted octanol–water partition coefficient (Wildman–Crippen LogP) is 2.89. The summed E-state index contributed by atoms with van der Waals surface area (Å²) in [6.07, 6.45) is 5.63. The van der Waals surface area contributed by atoms with Crippen molar-refractivity contribution in [2.45, 2.75) is 49.9 Å². The van der Waals surface area contributed by atoms with E-state index in [1.807, 2.05) is 0 Å². The Morgan fingerprint density at radius 3 is 2.65 bits per heavy atom. The third-order valence-corrected chi connectivity index (χ3v) is 5.81. The first kappa shape index (κ1) is 15.4. The topological polar surface area (TPSA) is 33.7 Å². The maximum Gasteiger partial charge on any atom is 0.168 e. The lowest BCUT2D eigenvalue weighted by Gasteiger charge is -2.37. The van der Waals surface area contributed by atoms with Crippen LogP contribution in [0.5, 0.6) is 0 Å². The summed E-state index contributed by atoms with van der Waals surface area (Å²) in [4.78, 5) is 2.38. The number of ether oxygens (including phenoxy) is 2. The van der Waals surface area contributed by atoms with Gasteiger partial charge in [-0.15, -0.1) is 0 Å². The zero-order valence-electron chi connectivity index (χ0n) is 14.1. The van der Waals surface area contributed by atoms with Gasteiger partial charge in [0.1, 0.15) is 0 Å². The second-order valence-corrected chi connectivity index (χ2v) is 7.26. The molecule has 4 rings (SSSR count). The summed E-state index contributed by atoms with van der Waals surface area (Å²) >= 11 is 0. The molecule has 0 radical (unpaired) electrons. The number of anilines is 1. The van der Waals surface area contributed by atoms with Crippen molar-refractivity contribution in [3.63, 3.8) is 0 Å². The number of hydrogen-bond donors (Lipinski definition) is 1. The third kappa shape index (κ3) is 3.12. The Labute approximate surface area is 139 Å². The number of para-hydroxylation sites is 1. The number of nitrogens with zero attached hydrogens (tertiary/aromatic N) is 1. The van der Waals surface area contributed by atoms with Gasteiger partial charge in [-0.2, -0.15) is 0 Å². The van der Waals surface area contributed by atoms with Crippen molar-refractivity contribution < 1.29 is 9.47 Å². The summed E-state index contributed by atoms with van der Waals surface area (Å²) in [6.45, 7) is 3.78. The summed E-state index contributed by atoms with van der Waals surface area (Å²) < 4.78 is 11.7. The van der Waals surface area contributed by atoms with Crippen LogP contribution in [-0.4, -0.2) is 45.2 Å². The third-order valence-electron chi connectivity index (χ3n) is 5.81. The van der Waals surface area contributed by atoms with Crippen LogP contribution in [0.15, 0.2) is 24.3 Å². The molecule has 4 heteroatoms. The van der Waals surface area contributed by atoms with Crippen LogP contribution in [0.4, 0.5) is 5.69 Å². The van der Waals surface area contributed by atoms with E-state index in [1.54, 1.807) is 0 Å². The van der Waals surface area contributed by atoms with Gasteiger partial charge in [0.15, 0.2) is 5.79 Å². The van der Waals surface area contributed by atoms with E-state index in [2.05, 4.69) is 41.5 Å². The standard InChI is InChI=1S/C19H28N2O2/c1-21-11-8-15(17-4-2-3-5-18(17)21)14-20-16-6-9-19(10-7-16)22-12-13-23-19/h2-5,15-16,20H,6-14H2,1H3. The van der Waals surface area contributed by atoms with Crippen LogP contribution in [0.2, 0.25) is 0 Å². The van der Waals surface area contributed by atoms with Crippen molar-refractivity contribution in [3.8, 4) is 0 Å². The monoisotopic (exact) mass is 316 g/mol. The van der Waals surface area contributed by atoms with Crippen LogP contribution in [-0.2, 0) is 9.47 Å². The summed E-state index contributed by atoms with van der Waals surface area (Å²) in [5.74, 6) is 0.399. The first-order chi connectivity index (χ1) is 11.3. The van der Waals surface area contributed by atoms with E-state index in [-0.39, 0.29) is 5.79 Å². The summed E-state index contributed by atoms with van der Waals surface area (Å²) in [7, 11) is 2.20. The van der Waals surface area contributed by atoms with Crippen LogP contribution in [0, 0.1) is 0 Å². The van der Waals surface area contributed by atoms with Crippen LogP contribution in [0.3, 0.4) is 0 Å². The fourth-order valence-electron chi connectivity index (χ4n) is 4.37. The molecule has 0 aromatic heterocycles. The van der Waals surface area contributed by atoms with Crippen molar-refractivity contribution in [1.82, 2.24) is 5.32 Å². The van der Waals surface area contributed by atoms with E-state index in [9.17, 15) is 0 Å². The molecule has 0 amide bonds. The van der Waals surface area contributed by atoms with E-state index < -0.39 is 0 Å².